The van der Waals surface area contributed by atoms with E-state index in [-0.39, 0.29) is 17.1 Å². The van der Waals surface area contributed by atoms with E-state index < -0.39 is 27.4 Å². The van der Waals surface area contributed by atoms with Crippen LogP contribution in [-0.4, -0.2) is 39.2 Å². The van der Waals surface area contributed by atoms with E-state index in [4.69, 9.17) is 4.74 Å². The van der Waals surface area contributed by atoms with Crippen molar-refractivity contribution in [3.05, 3.63) is 88.5 Å². The molecule has 178 valence electrons. The summed E-state index contributed by atoms with van der Waals surface area (Å²) >= 11 is 1.69. The fourth-order valence-electron chi connectivity index (χ4n) is 3.07. The summed E-state index contributed by atoms with van der Waals surface area (Å²) in [6.45, 7) is -0.581. The number of thioether (sulfide) groups is 1. The summed E-state index contributed by atoms with van der Waals surface area (Å²) < 4.78 is 30.8. The van der Waals surface area contributed by atoms with Crippen molar-refractivity contribution >= 4 is 44.8 Å². The summed E-state index contributed by atoms with van der Waals surface area (Å²) in [7, 11) is -2.65. The number of anilines is 2. The normalized spacial score (nSPS) is 11.0. The first kappa shape index (κ1) is 25.1. The maximum absolute atomic E-state index is 12.7. The Kier molecular flexibility index (Phi) is 8.13. The van der Waals surface area contributed by atoms with Gasteiger partial charge in [-0.05, 0) is 35.9 Å². The van der Waals surface area contributed by atoms with Crippen LogP contribution in [0.15, 0.2) is 77.7 Å². The molecule has 3 aromatic carbocycles. The fourth-order valence-corrected chi connectivity index (χ4v) is 4.79. The quantitative estimate of drug-likeness (QED) is 0.250. The van der Waals surface area contributed by atoms with Gasteiger partial charge in [-0.1, -0.05) is 30.3 Å². The highest BCUT2D eigenvalue weighted by molar-refractivity contribution is 7.98. The van der Waals surface area contributed by atoms with Crippen LogP contribution in [0.25, 0.3) is 0 Å². The number of ether oxygens (including phenoxy) is 1. The van der Waals surface area contributed by atoms with Crippen LogP contribution in [0, 0.1) is 10.1 Å². The average molecular weight is 502 g/mol. The molecule has 11 heteroatoms. The number of hydrogen-bond acceptors (Lipinski definition) is 7. The smallest absolute Gasteiger partial charge is 0.271 e. The van der Waals surface area contributed by atoms with Gasteiger partial charge in [0.1, 0.15) is 18.0 Å². The van der Waals surface area contributed by atoms with Crippen molar-refractivity contribution < 1.29 is 22.9 Å². The van der Waals surface area contributed by atoms with Gasteiger partial charge in [0.2, 0.25) is 15.9 Å². The number of amides is 1. The van der Waals surface area contributed by atoms with Crippen LogP contribution in [0.5, 0.6) is 5.75 Å². The second-order valence-corrected chi connectivity index (χ2v) is 10.2. The molecule has 34 heavy (non-hydrogen) atoms. The molecule has 0 bridgehead atoms. The zero-order valence-electron chi connectivity index (χ0n) is 18.5. The van der Waals surface area contributed by atoms with Crippen molar-refractivity contribution in [3.8, 4) is 5.75 Å². The van der Waals surface area contributed by atoms with Crippen LogP contribution in [0.2, 0.25) is 0 Å². The molecule has 0 aliphatic carbocycles. The minimum atomic E-state index is -3.95. The van der Waals surface area contributed by atoms with Crippen molar-refractivity contribution in [3.63, 3.8) is 0 Å². The van der Waals surface area contributed by atoms with Gasteiger partial charge in [0.15, 0.2) is 0 Å². The van der Waals surface area contributed by atoms with E-state index >= 15 is 0 Å². The third-order valence-electron chi connectivity index (χ3n) is 4.72. The lowest BCUT2D eigenvalue weighted by Gasteiger charge is -2.23. The van der Waals surface area contributed by atoms with Gasteiger partial charge in [0, 0.05) is 28.5 Å². The molecule has 1 amide bonds. The van der Waals surface area contributed by atoms with E-state index in [9.17, 15) is 23.3 Å². The predicted octanol–water partition coefficient (Wildman–Crippen LogP) is 4.30. The number of methoxy groups -OCH3 is 1. The molecule has 0 saturated carbocycles. The Hall–Kier alpha value is -3.57. The monoisotopic (exact) mass is 501 g/mol. The first-order chi connectivity index (χ1) is 16.2. The third-order valence-corrected chi connectivity index (χ3v) is 6.93. The number of nitrogens with one attached hydrogen (secondary N) is 1. The molecule has 0 aliphatic rings. The second kappa shape index (κ2) is 11.0. The van der Waals surface area contributed by atoms with Crippen LogP contribution in [0.1, 0.15) is 5.56 Å². The lowest BCUT2D eigenvalue weighted by molar-refractivity contribution is -0.384. The van der Waals surface area contributed by atoms with Crippen LogP contribution < -0.4 is 14.4 Å². The number of non-ortho nitro benzene ring substituents is 1. The Morgan fingerprint density at radius 1 is 1.09 bits per heavy atom. The predicted molar refractivity (Wildman–Crippen MR) is 133 cm³/mol. The van der Waals surface area contributed by atoms with Crippen LogP contribution in [0.3, 0.4) is 0 Å². The number of nitro groups is 1. The molecule has 0 fully saturated rings. The fraction of sp³-hybridized carbons (Fsp3) is 0.174. The van der Waals surface area contributed by atoms with E-state index in [0.717, 1.165) is 32.8 Å². The molecule has 0 aromatic heterocycles. The Balaban J connectivity index is 1.71. The number of sulfonamides is 1. The Morgan fingerprint density at radius 3 is 2.35 bits per heavy atom. The Morgan fingerprint density at radius 2 is 1.76 bits per heavy atom. The lowest BCUT2D eigenvalue weighted by Crippen LogP contribution is -2.37. The summed E-state index contributed by atoms with van der Waals surface area (Å²) in [6.07, 6.45) is 0.914. The second-order valence-electron chi connectivity index (χ2n) is 7.23. The minimum Gasteiger partial charge on any atom is -0.495 e. The van der Waals surface area contributed by atoms with Crippen LogP contribution in [0.4, 0.5) is 17.1 Å². The molecule has 3 aromatic rings. The van der Waals surface area contributed by atoms with Crippen LogP contribution in [-0.2, 0) is 20.6 Å². The van der Waals surface area contributed by atoms with Crippen molar-refractivity contribution in [2.45, 2.75) is 10.6 Å². The van der Waals surface area contributed by atoms with Crippen molar-refractivity contribution in [1.82, 2.24) is 0 Å². The van der Waals surface area contributed by atoms with Gasteiger partial charge >= 0.3 is 0 Å². The van der Waals surface area contributed by atoms with Crippen molar-refractivity contribution in [2.24, 2.45) is 0 Å². The van der Waals surface area contributed by atoms with Crippen molar-refractivity contribution in [1.29, 1.82) is 0 Å². The maximum Gasteiger partial charge on any atom is 0.271 e. The summed E-state index contributed by atoms with van der Waals surface area (Å²) in [5.41, 5.74) is 1.14. The highest BCUT2D eigenvalue weighted by Crippen LogP contribution is 2.33. The lowest BCUT2D eigenvalue weighted by atomic mass is 10.2. The summed E-state index contributed by atoms with van der Waals surface area (Å²) in [5.74, 6) is 0.238. The molecular formula is C23H23N3O6S2. The molecule has 9 nitrogen and oxygen atoms in total. The summed E-state index contributed by atoms with van der Waals surface area (Å²) in [6, 6.07) is 20.7. The highest BCUT2D eigenvalue weighted by Gasteiger charge is 2.26. The van der Waals surface area contributed by atoms with Gasteiger partial charge in [0.05, 0.1) is 18.3 Å². The van der Waals surface area contributed by atoms with Gasteiger partial charge in [-0.2, -0.15) is 0 Å². The molecule has 0 radical (unpaired) electrons. The minimum absolute atomic E-state index is 0.0871. The summed E-state index contributed by atoms with van der Waals surface area (Å²) in [4.78, 5) is 24.3. The molecule has 0 unspecified atom stereocenters. The number of hydrogen-bond donors (Lipinski definition) is 1. The van der Waals surface area contributed by atoms with E-state index in [1.54, 1.807) is 23.9 Å². The number of nitrogens with zero attached hydrogens (tertiary/aromatic N) is 2. The maximum atomic E-state index is 12.7. The number of rotatable bonds is 10. The first-order valence-electron chi connectivity index (χ1n) is 10.0. The molecule has 0 heterocycles. The first-order valence-corrected chi connectivity index (χ1v) is 12.9. The van der Waals surface area contributed by atoms with Gasteiger partial charge in [0.25, 0.3) is 5.69 Å². The number of carbonyl (C=O) groups excluding carboxylic acids is 1. The number of benzene rings is 3. The van der Waals surface area contributed by atoms with Crippen molar-refractivity contribution in [2.75, 3.05) is 29.5 Å². The van der Waals surface area contributed by atoms with Gasteiger partial charge < -0.3 is 10.1 Å². The SMILES string of the molecule is COc1ccc([N+](=O)[O-])cc1N(CC(=O)Nc1ccc(CSc2ccccc2)cc1)S(C)(=O)=O. The molecule has 0 spiro atoms. The van der Waals surface area contributed by atoms with Gasteiger partial charge in [-0.3, -0.25) is 19.2 Å². The topological polar surface area (TPSA) is 119 Å². The molecule has 3 rings (SSSR count). The zero-order valence-corrected chi connectivity index (χ0v) is 20.1. The molecule has 0 aliphatic heterocycles. The molecular weight excluding hydrogens is 478 g/mol. The Labute approximate surface area is 201 Å². The highest BCUT2D eigenvalue weighted by atomic mass is 32.2. The van der Waals surface area contributed by atoms with Crippen LogP contribution >= 0.6 is 11.8 Å². The molecule has 1 N–H and O–H groups in total. The number of carbonyl (C=O) groups is 1. The largest absolute Gasteiger partial charge is 0.495 e. The van der Waals surface area contributed by atoms with E-state index in [2.05, 4.69) is 5.32 Å². The van der Waals surface area contributed by atoms with E-state index in [1.807, 2.05) is 42.5 Å². The molecule has 0 saturated heterocycles. The molecule has 0 atom stereocenters. The standard InChI is InChI=1S/C23H23N3O6S2/c1-32-22-13-12-19(26(28)29)14-21(22)25(34(2,30)31)15-23(27)24-18-10-8-17(9-11-18)16-33-20-6-4-3-5-7-20/h3-14H,15-16H2,1-2H3,(H,24,27). The third kappa shape index (κ3) is 6.72. The summed E-state index contributed by atoms with van der Waals surface area (Å²) in [5, 5.41) is 13.8. The zero-order chi connectivity index (χ0) is 24.7. The Bertz CT molecular complexity index is 1270. The van der Waals surface area contributed by atoms with Gasteiger partial charge in [-0.25, -0.2) is 8.42 Å². The van der Waals surface area contributed by atoms with Gasteiger partial charge in [-0.15, -0.1) is 11.8 Å². The average Bonchev–Trinajstić information content (AvgIpc) is 2.81. The number of nitro benzene ring substituents is 1. The van der Waals surface area contributed by atoms with E-state index in [1.165, 1.54) is 19.2 Å². The van der Waals surface area contributed by atoms with E-state index in [0.29, 0.717) is 5.69 Å².